The Labute approximate surface area is 108 Å². The number of hydrogen-bond donors (Lipinski definition) is 0. The Morgan fingerprint density at radius 1 is 1.53 bits per heavy atom. The fraction of sp³-hybridized carbons (Fsp3) is 0.333. The average molecular weight is 298 g/mol. The lowest BCUT2D eigenvalue weighted by Gasteiger charge is -2.06. The summed E-state index contributed by atoms with van der Waals surface area (Å²) in [5, 5.41) is 3.92. The Hall–Kier alpha value is -1.36. The summed E-state index contributed by atoms with van der Waals surface area (Å²) in [5.74, 6) is -0.358. The molecule has 17 heavy (non-hydrogen) atoms. The molecule has 1 heterocycles. The molecule has 0 aromatic heterocycles. The number of carbonyl (C=O) groups is 1. The molecule has 5 heteroatoms. The lowest BCUT2D eigenvalue weighted by atomic mass is 10.1. The Morgan fingerprint density at radius 3 is 2.88 bits per heavy atom. The van der Waals surface area contributed by atoms with Crippen LogP contribution in [0.1, 0.15) is 18.9 Å². The number of benzene rings is 1. The molecule has 1 aromatic rings. The fourth-order valence-corrected chi connectivity index (χ4v) is 1.82. The maximum absolute atomic E-state index is 11.4. The molecular weight excluding hydrogens is 286 g/mol. The molecular formula is C12H12BrNO3. The average Bonchev–Trinajstić information content (AvgIpc) is 2.80. The van der Waals surface area contributed by atoms with Crippen LogP contribution in [-0.2, 0) is 14.4 Å². The molecule has 90 valence electrons. The van der Waals surface area contributed by atoms with Crippen molar-refractivity contribution in [2.75, 3.05) is 6.61 Å². The monoisotopic (exact) mass is 297 g/mol. The maximum atomic E-state index is 11.4. The van der Waals surface area contributed by atoms with Gasteiger partial charge in [-0.15, -0.1) is 0 Å². The van der Waals surface area contributed by atoms with E-state index in [2.05, 4.69) is 21.1 Å². The largest absolute Gasteiger partial charge is 0.463 e. The van der Waals surface area contributed by atoms with E-state index in [1.165, 1.54) is 0 Å². The van der Waals surface area contributed by atoms with E-state index < -0.39 is 6.10 Å². The highest BCUT2D eigenvalue weighted by Gasteiger charge is 2.29. The van der Waals surface area contributed by atoms with Crippen LogP contribution < -0.4 is 0 Å². The molecule has 0 N–H and O–H groups in total. The van der Waals surface area contributed by atoms with Crippen molar-refractivity contribution in [2.24, 2.45) is 5.16 Å². The van der Waals surface area contributed by atoms with Crippen molar-refractivity contribution in [3.05, 3.63) is 34.3 Å². The van der Waals surface area contributed by atoms with Crippen molar-refractivity contribution in [2.45, 2.75) is 19.4 Å². The summed E-state index contributed by atoms with van der Waals surface area (Å²) < 4.78 is 5.89. The molecule has 0 saturated heterocycles. The molecule has 0 spiro atoms. The third kappa shape index (κ3) is 2.85. The number of hydrogen-bond acceptors (Lipinski definition) is 4. The SMILES string of the molecule is CCOC(=O)C1CC(c2ccc(Br)cc2)=NO1. The molecule has 4 nitrogen and oxygen atoms in total. The molecule has 0 bridgehead atoms. The highest BCUT2D eigenvalue weighted by atomic mass is 79.9. The number of esters is 1. The summed E-state index contributed by atoms with van der Waals surface area (Å²) >= 11 is 3.36. The van der Waals surface area contributed by atoms with Gasteiger partial charge in [-0.3, -0.25) is 0 Å². The van der Waals surface area contributed by atoms with Gasteiger partial charge in [0, 0.05) is 10.9 Å². The van der Waals surface area contributed by atoms with E-state index in [9.17, 15) is 4.79 Å². The topological polar surface area (TPSA) is 47.9 Å². The highest BCUT2D eigenvalue weighted by Crippen LogP contribution is 2.19. The van der Waals surface area contributed by atoms with Gasteiger partial charge < -0.3 is 9.57 Å². The summed E-state index contributed by atoms with van der Waals surface area (Å²) in [6.07, 6.45) is -0.144. The zero-order chi connectivity index (χ0) is 12.3. The standard InChI is InChI=1S/C12H12BrNO3/c1-2-16-12(15)11-7-10(14-17-11)8-3-5-9(13)6-4-8/h3-6,11H,2,7H2,1H3. The molecule has 1 unspecified atom stereocenters. The summed E-state index contributed by atoms with van der Waals surface area (Å²) in [4.78, 5) is 16.5. The van der Waals surface area contributed by atoms with Crippen molar-refractivity contribution in [3.8, 4) is 0 Å². The van der Waals surface area contributed by atoms with E-state index in [0.717, 1.165) is 15.7 Å². The van der Waals surface area contributed by atoms with Crippen molar-refractivity contribution < 1.29 is 14.4 Å². The van der Waals surface area contributed by atoms with Crippen LogP contribution in [0.2, 0.25) is 0 Å². The first kappa shape index (κ1) is 12.1. The van der Waals surface area contributed by atoms with Gasteiger partial charge in [0.1, 0.15) is 0 Å². The summed E-state index contributed by atoms with van der Waals surface area (Å²) in [7, 11) is 0. The maximum Gasteiger partial charge on any atom is 0.350 e. The van der Waals surface area contributed by atoms with Gasteiger partial charge in [0.05, 0.1) is 12.3 Å². The minimum atomic E-state index is -0.603. The van der Waals surface area contributed by atoms with Crippen LogP contribution in [0, 0.1) is 0 Å². The van der Waals surface area contributed by atoms with E-state index in [0.29, 0.717) is 13.0 Å². The van der Waals surface area contributed by atoms with Crippen molar-refractivity contribution in [1.82, 2.24) is 0 Å². The minimum Gasteiger partial charge on any atom is -0.463 e. The molecule has 0 radical (unpaired) electrons. The molecule has 1 aromatic carbocycles. The minimum absolute atomic E-state index is 0.353. The van der Waals surface area contributed by atoms with Gasteiger partial charge >= 0.3 is 5.97 Å². The van der Waals surface area contributed by atoms with E-state index in [-0.39, 0.29) is 5.97 Å². The second kappa shape index (κ2) is 5.31. The van der Waals surface area contributed by atoms with Crippen molar-refractivity contribution in [1.29, 1.82) is 0 Å². The summed E-state index contributed by atoms with van der Waals surface area (Å²) in [6, 6.07) is 7.71. The second-order valence-electron chi connectivity index (χ2n) is 3.60. The smallest absolute Gasteiger partial charge is 0.350 e. The molecule has 0 amide bonds. The molecule has 0 fully saturated rings. The zero-order valence-corrected chi connectivity index (χ0v) is 10.9. The quantitative estimate of drug-likeness (QED) is 0.806. The number of halogens is 1. The van der Waals surface area contributed by atoms with Crippen LogP contribution in [0.4, 0.5) is 0 Å². The predicted molar refractivity (Wildman–Crippen MR) is 66.8 cm³/mol. The van der Waals surface area contributed by atoms with Crippen LogP contribution in [0.5, 0.6) is 0 Å². The fourth-order valence-electron chi connectivity index (χ4n) is 1.55. The number of rotatable bonds is 3. The van der Waals surface area contributed by atoms with E-state index in [4.69, 9.17) is 9.57 Å². The Morgan fingerprint density at radius 2 is 2.24 bits per heavy atom. The van der Waals surface area contributed by atoms with Gasteiger partial charge in [-0.25, -0.2) is 4.79 Å². The first-order valence-corrected chi connectivity index (χ1v) is 6.15. The number of ether oxygens (including phenoxy) is 1. The molecule has 0 aliphatic carbocycles. The third-order valence-electron chi connectivity index (χ3n) is 2.40. The molecule has 2 rings (SSSR count). The van der Waals surface area contributed by atoms with Gasteiger partial charge in [0.25, 0.3) is 0 Å². The molecule has 1 aliphatic rings. The number of nitrogens with zero attached hydrogens (tertiary/aromatic N) is 1. The third-order valence-corrected chi connectivity index (χ3v) is 2.92. The van der Waals surface area contributed by atoms with E-state index >= 15 is 0 Å². The lowest BCUT2D eigenvalue weighted by Crippen LogP contribution is -2.23. The predicted octanol–water partition coefficient (Wildman–Crippen LogP) is 2.51. The van der Waals surface area contributed by atoms with Gasteiger partial charge in [-0.05, 0) is 24.6 Å². The number of oxime groups is 1. The Bertz CT molecular complexity index is 442. The van der Waals surface area contributed by atoms with Crippen LogP contribution in [0.25, 0.3) is 0 Å². The second-order valence-corrected chi connectivity index (χ2v) is 4.51. The van der Waals surface area contributed by atoms with E-state index in [1.807, 2.05) is 24.3 Å². The molecule has 1 atom stereocenters. The Kier molecular flexibility index (Phi) is 3.78. The van der Waals surface area contributed by atoms with Crippen LogP contribution in [0.3, 0.4) is 0 Å². The number of carbonyl (C=O) groups excluding carboxylic acids is 1. The summed E-state index contributed by atoms with van der Waals surface area (Å²) in [6.45, 7) is 2.12. The van der Waals surface area contributed by atoms with Gasteiger partial charge in [-0.2, -0.15) is 0 Å². The van der Waals surface area contributed by atoms with Gasteiger partial charge in [0.15, 0.2) is 0 Å². The van der Waals surface area contributed by atoms with Gasteiger partial charge in [0.2, 0.25) is 6.10 Å². The van der Waals surface area contributed by atoms with Crippen LogP contribution in [-0.4, -0.2) is 24.4 Å². The normalized spacial score (nSPS) is 18.5. The van der Waals surface area contributed by atoms with Crippen molar-refractivity contribution >= 4 is 27.6 Å². The molecule has 0 saturated carbocycles. The van der Waals surface area contributed by atoms with Gasteiger partial charge in [-0.1, -0.05) is 33.2 Å². The van der Waals surface area contributed by atoms with E-state index in [1.54, 1.807) is 6.92 Å². The van der Waals surface area contributed by atoms with Crippen molar-refractivity contribution in [3.63, 3.8) is 0 Å². The zero-order valence-electron chi connectivity index (χ0n) is 9.35. The van der Waals surface area contributed by atoms with Crippen LogP contribution >= 0.6 is 15.9 Å². The first-order chi connectivity index (χ1) is 8.20. The lowest BCUT2D eigenvalue weighted by molar-refractivity contribution is -0.154. The van der Waals surface area contributed by atoms with Crippen LogP contribution in [0.15, 0.2) is 33.9 Å². The highest BCUT2D eigenvalue weighted by molar-refractivity contribution is 9.10. The summed E-state index contributed by atoms with van der Waals surface area (Å²) in [5.41, 5.74) is 1.73. The molecule has 1 aliphatic heterocycles. The Balaban J connectivity index is 2.02. The first-order valence-electron chi connectivity index (χ1n) is 5.36.